The highest BCUT2D eigenvalue weighted by molar-refractivity contribution is 6.67. The summed E-state index contributed by atoms with van der Waals surface area (Å²) in [7, 11) is 0. The van der Waals surface area contributed by atoms with E-state index in [2.05, 4.69) is 5.10 Å². The minimum Gasteiger partial charge on any atom is -0.454 e. The Hall–Kier alpha value is -2.08. The van der Waals surface area contributed by atoms with Crippen LogP contribution in [0, 0.1) is 0 Å². The SMILES string of the molecule is CCn1nc(C(=O)Cl)c(=O)c2cc3c(cc21)OCO3. The fraction of sp³-hybridized carbons (Fsp3) is 0.250. The van der Waals surface area contributed by atoms with Gasteiger partial charge in [0.15, 0.2) is 17.2 Å². The van der Waals surface area contributed by atoms with Crippen LogP contribution in [0.3, 0.4) is 0 Å². The molecule has 0 bridgehead atoms. The Bertz CT molecular complexity index is 753. The van der Waals surface area contributed by atoms with Crippen molar-refractivity contribution in [2.75, 3.05) is 6.79 Å². The van der Waals surface area contributed by atoms with E-state index in [4.69, 9.17) is 21.1 Å². The van der Waals surface area contributed by atoms with E-state index in [1.54, 1.807) is 12.1 Å². The van der Waals surface area contributed by atoms with Crippen molar-refractivity contribution in [1.82, 2.24) is 9.78 Å². The molecule has 19 heavy (non-hydrogen) atoms. The first-order valence-electron chi connectivity index (χ1n) is 5.66. The summed E-state index contributed by atoms with van der Waals surface area (Å²) >= 11 is 5.38. The van der Waals surface area contributed by atoms with Gasteiger partial charge in [-0.25, -0.2) is 0 Å². The van der Waals surface area contributed by atoms with Gasteiger partial charge < -0.3 is 9.47 Å². The maximum Gasteiger partial charge on any atom is 0.276 e. The minimum absolute atomic E-state index is 0.112. The van der Waals surface area contributed by atoms with Crippen LogP contribution in [0.15, 0.2) is 16.9 Å². The molecule has 0 fully saturated rings. The lowest BCUT2D eigenvalue weighted by Crippen LogP contribution is -2.20. The number of benzene rings is 1. The summed E-state index contributed by atoms with van der Waals surface area (Å²) in [6.45, 7) is 2.46. The van der Waals surface area contributed by atoms with Gasteiger partial charge in [-0.2, -0.15) is 5.10 Å². The maximum atomic E-state index is 12.2. The van der Waals surface area contributed by atoms with Crippen LogP contribution in [0.5, 0.6) is 11.5 Å². The van der Waals surface area contributed by atoms with Crippen molar-refractivity contribution in [3.8, 4) is 11.5 Å². The van der Waals surface area contributed by atoms with Gasteiger partial charge in [0.25, 0.3) is 5.24 Å². The molecule has 98 valence electrons. The average molecular weight is 281 g/mol. The number of carbonyl (C=O) groups is 1. The number of hydrogen-bond donors (Lipinski definition) is 0. The molecule has 3 rings (SSSR count). The number of fused-ring (bicyclic) bond motifs is 2. The molecule has 1 aromatic heterocycles. The van der Waals surface area contributed by atoms with Crippen LogP contribution in [0.1, 0.15) is 17.4 Å². The molecule has 2 heterocycles. The molecule has 0 atom stereocenters. The lowest BCUT2D eigenvalue weighted by molar-refractivity contribution is 0.107. The Kier molecular flexibility index (Phi) is 2.67. The molecule has 0 amide bonds. The Labute approximate surface area is 112 Å². The monoisotopic (exact) mass is 280 g/mol. The summed E-state index contributed by atoms with van der Waals surface area (Å²) in [5.74, 6) is 1.03. The van der Waals surface area contributed by atoms with Crippen molar-refractivity contribution < 1.29 is 14.3 Å². The molecule has 0 unspecified atom stereocenters. The molecular formula is C12H9ClN2O4. The Morgan fingerprint density at radius 3 is 2.74 bits per heavy atom. The predicted octanol–water partition coefficient (Wildman–Crippen LogP) is 1.52. The van der Waals surface area contributed by atoms with Crippen LogP contribution in [0.2, 0.25) is 0 Å². The van der Waals surface area contributed by atoms with E-state index in [0.29, 0.717) is 28.9 Å². The van der Waals surface area contributed by atoms with Gasteiger partial charge in [0, 0.05) is 12.6 Å². The zero-order chi connectivity index (χ0) is 13.6. The standard InChI is InChI=1S/C12H9ClN2O4/c1-2-15-7-4-9-8(18-5-19-9)3-6(7)11(16)10(14-15)12(13)17/h3-4H,2,5H2,1H3. The number of nitrogens with zero attached hydrogens (tertiary/aromatic N) is 2. The molecule has 0 saturated heterocycles. The number of hydrogen-bond acceptors (Lipinski definition) is 5. The van der Waals surface area contributed by atoms with Crippen LogP contribution < -0.4 is 14.9 Å². The highest BCUT2D eigenvalue weighted by atomic mass is 35.5. The van der Waals surface area contributed by atoms with Crippen LogP contribution in [-0.2, 0) is 6.54 Å². The molecule has 0 saturated carbocycles. The smallest absolute Gasteiger partial charge is 0.276 e. The number of ether oxygens (including phenoxy) is 2. The average Bonchev–Trinajstić information content (AvgIpc) is 2.84. The second-order valence-electron chi connectivity index (χ2n) is 3.99. The maximum absolute atomic E-state index is 12.2. The van der Waals surface area contributed by atoms with Gasteiger partial charge in [0.05, 0.1) is 10.9 Å². The first-order chi connectivity index (χ1) is 9.11. The van der Waals surface area contributed by atoms with Crippen molar-refractivity contribution in [1.29, 1.82) is 0 Å². The van der Waals surface area contributed by atoms with E-state index in [-0.39, 0.29) is 12.5 Å². The summed E-state index contributed by atoms with van der Waals surface area (Å²) in [6.07, 6.45) is 0. The van der Waals surface area contributed by atoms with Crippen molar-refractivity contribution >= 4 is 27.7 Å². The fourth-order valence-corrected chi connectivity index (χ4v) is 2.17. The highest BCUT2D eigenvalue weighted by Crippen LogP contribution is 2.34. The van der Waals surface area contributed by atoms with Crippen molar-refractivity contribution in [2.45, 2.75) is 13.5 Å². The third-order valence-corrected chi connectivity index (χ3v) is 3.11. The second-order valence-corrected chi connectivity index (χ2v) is 4.33. The van der Waals surface area contributed by atoms with Gasteiger partial charge in [-0.05, 0) is 24.6 Å². The van der Waals surface area contributed by atoms with E-state index in [0.717, 1.165) is 0 Å². The van der Waals surface area contributed by atoms with Crippen LogP contribution in [0.4, 0.5) is 0 Å². The molecule has 1 aromatic carbocycles. The number of aryl methyl sites for hydroxylation is 1. The normalized spacial score (nSPS) is 12.9. The van der Waals surface area contributed by atoms with E-state index < -0.39 is 10.7 Å². The molecule has 7 heteroatoms. The zero-order valence-electron chi connectivity index (χ0n) is 9.97. The summed E-state index contributed by atoms with van der Waals surface area (Å²) < 4.78 is 12.0. The highest BCUT2D eigenvalue weighted by Gasteiger charge is 2.20. The molecule has 2 aromatic rings. The summed E-state index contributed by atoms with van der Waals surface area (Å²) in [5.41, 5.74) is -0.203. The predicted molar refractivity (Wildman–Crippen MR) is 68.0 cm³/mol. The van der Waals surface area contributed by atoms with E-state index in [1.807, 2.05) is 6.92 Å². The topological polar surface area (TPSA) is 70.4 Å². The van der Waals surface area contributed by atoms with Crippen molar-refractivity contribution in [2.24, 2.45) is 0 Å². The minimum atomic E-state index is -0.869. The zero-order valence-corrected chi connectivity index (χ0v) is 10.7. The van der Waals surface area contributed by atoms with E-state index >= 15 is 0 Å². The van der Waals surface area contributed by atoms with E-state index in [1.165, 1.54) is 4.68 Å². The molecule has 1 aliphatic heterocycles. The first kappa shape index (κ1) is 12.0. The molecule has 0 aliphatic carbocycles. The Balaban J connectivity index is 2.43. The van der Waals surface area contributed by atoms with E-state index in [9.17, 15) is 9.59 Å². The quantitative estimate of drug-likeness (QED) is 0.780. The van der Waals surface area contributed by atoms with Crippen molar-refractivity contribution in [3.05, 3.63) is 28.0 Å². The van der Waals surface area contributed by atoms with Gasteiger partial charge in [0.2, 0.25) is 12.2 Å². The van der Waals surface area contributed by atoms with Crippen LogP contribution in [-0.4, -0.2) is 21.8 Å². The largest absolute Gasteiger partial charge is 0.454 e. The molecule has 0 N–H and O–H groups in total. The number of aromatic nitrogens is 2. The second kappa shape index (κ2) is 4.24. The van der Waals surface area contributed by atoms with Crippen molar-refractivity contribution in [3.63, 3.8) is 0 Å². The number of carbonyl (C=O) groups excluding carboxylic acids is 1. The summed E-state index contributed by atoms with van der Waals surface area (Å²) in [6, 6.07) is 3.23. The van der Waals surface area contributed by atoms with Gasteiger partial charge in [-0.15, -0.1) is 0 Å². The van der Waals surface area contributed by atoms with Crippen LogP contribution >= 0.6 is 11.6 Å². The van der Waals surface area contributed by atoms with Crippen LogP contribution in [0.25, 0.3) is 10.9 Å². The third kappa shape index (κ3) is 1.76. The third-order valence-electron chi connectivity index (χ3n) is 2.94. The molecule has 6 nitrogen and oxygen atoms in total. The number of rotatable bonds is 2. The lowest BCUT2D eigenvalue weighted by atomic mass is 10.2. The van der Waals surface area contributed by atoms with Gasteiger partial charge in [0.1, 0.15) is 0 Å². The fourth-order valence-electron chi connectivity index (χ4n) is 2.04. The molecule has 1 aliphatic rings. The summed E-state index contributed by atoms with van der Waals surface area (Å²) in [4.78, 5) is 23.4. The molecule has 0 radical (unpaired) electrons. The number of halogens is 1. The lowest BCUT2D eigenvalue weighted by Gasteiger charge is -2.09. The molecular weight excluding hydrogens is 272 g/mol. The summed E-state index contributed by atoms with van der Waals surface area (Å²) in [5, 5.41) is 3.44. The molecule has 0 spiro atoms. The first-order valence-corrected chi connectivity index (χ1v) is 6.04. The van der Waals surface area contributed by atoms with Gasteiger partial charge in [-0.3, -0.25) is 14.3 Å². The Morgan fingerprint density at radius 1 is 1.42 bits per heavy atom. The Morgan fingerprint density at radius 2 is 2.11 bits per heavy atom. The van der Waals surface area contributed by atoms with Gasteiger partial charge in [-0.1, -0.05) is 0 Å². The van der Waals surface area contributed by atoms with Gasteiger partial charge >= 0.3 is 0 Å².